The Hall–Kier alpha value is -3.22. The lowest BCUT2D eigenvalue weighted by Crippen LogP contribution is -2.30. The predicted octanol–water partition coefficient (Wildman–Crippen LogP) is 3.00. The van der Waals surface area contributed by atoms with Gasteiger partial charge in [0.15, 0.2) is 17.6 Å². The van der Waals surface area contributed by atoms with Crippen LogP contribution in [0.25, 0.3) is 0 Å². The molecule has 1 aliphatic rings. The van der Waals surface area contributed by atoms with E-state index in [0.29, 0.717) is 35.1 Å². The van der Waals surface area contributed by atoms with Gasteiger partial charge < -0.3 is 24.3 Å². The summed E-state index contributed by atoms with van der Waals surface area (Å²) in [5, 5.41) is 2.76. The first-order chi connectivity index (χ1) is 12.6. The molecule has 1 aliphatic heterocycles. The number of benzene rings is 2. The fraction of sp³-hybridized carbons (Fsp3) is 0.263. The number of fused-ring (bicyclic) bond motifs is 1. The van der Waals surface area contributed by atoms with E-state index in [1.807, 2.05) is 0 Å². The van der Waals surface area contributed by atoms with Crippen molar-refractivity contribution in [1.29, 1.82) is 0 Å². The fourth-order valence-corrected chi connectivity index (χ4v) is 2.36. The fourth-order valence-electron chi connectivity index (χ4n) is 2.36. The Bertz CT molecular complexity index is 802. The molecule has 0 saturated carbocycles. The van der Waals surface area contributed by atoms with Crippen LogP contribution in [0.2, 0.25) is 0 Å². The summed E-state index contributed by atoms with van der Waals surface area (Å²) in [6.07, 6.45) is -0.728. The topological polar surface area (TPSA) is 83.1 Å². The third-order valence-electron chi connectivity index (χ3n) is 3.69. The summed E-state index contributed by atoms with van der Waals surface area (Å²) in [4.78, 5) is 23.9. The molecule has 2 aromatic rings. The van der Waals surface area contributed by atoms with E-state index >= 15 is 0 Å². The van der Waals surface area contributed by atoms with Gasteiger partial charge in [0.2, 0.25) is 6.79 Å². The Morgan fingerprint density at radius 2 is 1.85 bits per heavy atom. The van der Waals surface area contributed by atoms with Crippen LogP contribution in [0.5, 0.6) is 17.2 Å². The molecule has 1 N–H and O–H groups in total. The molecular weight excluding hydrogens is 338 g/mol. The number of ether oxygens (including phenoxy) is 4. The summed E-state index contributed by atoms with van der Waals surface area (Å²) < 4.78 is 21.1. The Labute approximate surface area is 150 Å². The summed E-state index contributed by atoms with van der Waals surface area (Å²) in [6.45, 7) is 3.87. The summed E-state index contributed by atoms with van der Waals surface area (Å²) in [5.74, 6) is 1.01. The highest BCUT2D eigenvalue weighted by Gasteiger charge is 2.18. The molecule has 136 valence electrons. The van der Waals surface area contributed by atoms with E-state index in [-0.39, 0.29) is 12.7 Å². The smallest absolute Gasteiger partial charge is 0.338 e. The van der Waals surface area contributed by atoms with Gasteiger partial charge in [0.1, 0.15) is 5.75 Å². The second-order valence-electron chi connectivity index (χ2n) is 5.56. The molecule has 7 nitrogen and oxygen atoms in total. The van der Waals surface area contributed by atoms with Crippen molar-refractivity contribution in [2.24, 2.45) is 0 Å². The number of amides is 1. The first-order valence-electron chi connectivity index (χ1n) is 8.21. The number of carbonyl (C=O) groups excluding carboxylic acids is 2. The van der Waals surface area contributed by atoms with Crippen LogP contribution < -0.4 is 19.5 Å². The number of hydrogen-bond donors (Lipinski definition) is 1. The van der Waals surface area contributed by atoms with Crippen LogP contribution in [-0.2, 0) is 9.53 Å². The molecule has 0 fully saturated rings. The van der Waals surface area contributed by atoms with E-state index in [2.05, 4.69) is 5.32 Å². The van der Waals surface area contributed by atoms with Crippen LogP contribution >= 0.6 is 0 Å². The van der Waals surface area contributed by atoms with Crippen LogP contribution in [0.4, 0.5) is 5.69 Å². The molecule has 0 unspecified atom stereocenters. The van der Waals surface area contributed by atoms with Crippen molar-refractivity contribution < 1.29 is 28.5 Å². The van der Waals surface area contributed by atoms with Gasteiger partial charge in [-0.25, -0.2) is 4.79 Å². The molecule has 0 saturated heterocycles. The van der Waals surface area contributed by atoms with Gasteiger partial charge in [-0.1, -0.05) is 0 Å². The first-order valence-corrected chi connectivity index (χ1v) is 8.21. The van der Waals surface area contributed by atoms with Gasteiger partial charge in [-0.15, -0.1) is 0 Å². The summed E-state index contributed by atoms with van der Waals surface area (Å²) in [7, 11) is 0. The second kappa shape index (κ2) is 7.77. The van der Waals surface area contributed by atoms with Gasteiger partial charge in [-0.2, -0.15) is 0 Å². The number of esters is 1. The zero-order valence-corrected chi connectivity index (χ0v) is 14.5. The van der Waals surface area contributed by atoms with Crippen LogP contribution in [-0.4, -0.2) is 31.4 Å². The standard InChI is InChI=1S/C19H19NO6/c1-3-23-19(22)13-4-7-15(8-5-13)26-12(2)18(21)20-14-6-9-16-17(10-14)25-11-24-16/h4-10,12H,3,11H2,1-2H3,(H,20,21)/t12-/m0/s1. The molecule has 2 aromatic carbocycles. The maximum absolute atomic E-state index is 12.3. The summed E-state index contributed by atoms with van der Waals surface area (Å²) >= 11 is 0. The number of anilines is 1. The van der Waals surface area contributed by atoms with Crippen molar-refractivity contribution in [3.8, 4) is 17.2 Å². The zero-order chi connectivity index (χ0) is 18.5. The normalized spacial score (nSPS) is 13.0. The Morgan fingerprint density at radius 3 is 2.58 bits per heavy atom. The molecule has 1 heterocycles. The minimum Gasteiger partial charge on any atom is -0.481 e. The van der Waals surface area contributed by atoms with Crippen LogP contribution in [0.1, 0.15) is 24.2 Å². The van der Waals surface area contributed by atoms with Crippen LogP contribution in [0.15, 0.2) is 42.5 Å². The molecule has 3 rings (SSSR count). The monoisotopic (exact) mass is 357 g/mol. The minimum absolute atomic E-state index is 0.175. The van der Waals surface area contributed by atoms with Crippen LogP contribution in [0, 0.1) is 0 Å². The maximum atomic E-state index is 12.3. The highest BCUT2D eigenvalue weighted by molar-refractivity contribution is 5.94. The second-order valence-corrected chi connectivity index (χ2v) is 5.56. The number of nitrogens with one attached hydrogen (secondary N) is 1. The highest BCUT2D eigenvalue weighted by atomic mass is 16.7. The minimum atomic E-state index is -0.728. The third kappa shape index (κ3) is 4.05. The molecule has 0 radical (unpaired) electrons. The average molecular weight is 357 g/mol. The summed E-state index contributed by atoms with van der Waals surface area (Å²) in [6, 6.07) is 11.6. The molecule has 0 aromatic heterocycles. The number of hydrogen-bond acceptors (Lipinski definition) is 6. The molecule has 26 heavy (non-hydrogen) atoms. The van der Waals surface area contributed by atoms with Crippen molar-refractivity contribution in [1.82, 2.24) is 0 Å². The predicted molar refractivity (Wildman–Crippen MR) is 93.7 cm³/mol. The Morgan fingerprint density at radius 1 is 1.12 bits per heavy atom. The Balaban J connectivity index is 1.58. The molecule has 1 atom stereocenters. The lowest BCUT2D eigenvalue weighted by molar-refractivity contribution is -0.122. The maximum Gasteiger partial charge on any atom is 0.338 e. The van der Waals surface area contributed by atoms with E-state index in [0.717, 1.165) is 0 Å². The molecular formula is C19H19NO6. The quantitative estimate of drug-likeness (QED) is 0.800. The van der Waals surface area contributed by atoms with Crippen molar-refractivity contribution in [2.75, 3.05) is 18.7 Å². The highest BCUT2D eigenvalue weighted by Crippen LogP contribution is 2.34. The third-order valence-corrected chi connectivity index (χ3v) is 3.69. The molecule has 1 amide bonds. The largest absolute Gasteiger partial charge is 0.481 e. The van der Waals surface area contributed by atoms with Crippen molar-refractivity contribution >= 4 is 17.6 Å². The van der Waals surface area contributed by atoms with Gasteiger partial charge in [0.25, 0.3) is 5.91 Å². The first kappa shape index (κ1) is 17.6. The lowest BCUT2D eigenvalue weighted by atomic mass is 10.2. The van der Waals surface area contributed by atoms with E-state index < -0.39 is 12.1 Å². The van der Waals surface area contributed by atoms with E-state index in [1.54, 1.807) is 56.3 Å². The Kier molecular flexibility index (Phi) is 5.26. The SMILES string of the molecule is CCOC(=O)c1ccc(O[C@@H](C)C(=O)Nc2ccc3c(c2)OCO3)cc1. The lowest BCUT2D eigenvalue weighted by Gasteiger charge is -2.15. The number of carbonyl (C=O) groups is 2. The molecule has 7 heteroatoms. The van der Waals surface area contributed by atoms with E-state index in [9.17, 15) is 9.59 Å². The van der Waals surface area contributed by atoms with Crippen LogP contribution in [0.3, 0.4) is 0 Å². The van der Waals surface area contributed by atoms with Gasteiger partial charge in [-0.05, 0) is 50.2 Å². The van der Waals surface area contributed by atoms with Gasteiger partial charge in [0.05, 0.1) is 12.2 Å². The van der Waals surface area contributed by atoms with Crippen molar-refractivity contribution in [2.45, 2.75) is 20.0 Å². The average Bonchev–Trinajstić information content (AvgIpc) is 3.10. The van der Waals surface area contributed by atoms with Gasteiger partial charge in [0, 0.05) is 11.8 Å². The van der Waals surface area contributed by atoms with Crippen molar-refractivity contribution in [3.05, 3.63) is 48.0 Å². The van der Waals surface area contributed by atoms with Crippen molar-refractivity contribution in [3.63, 3.8) is 0 Å². The number of rotatable bonds is 6. The molecule has 0 bridgehead atoms. The van der Waals surface area contributed by atoms with E-state index in [1.165, 1.54) is 0 Å². The van der Waals surface area contributed by atoms with Gasteiger partial charge in [-0.3, -0.25) is 4.79 Å². The zero-order valence-electron chi connectivity index (χ0n) is 14.5. The molecule has 0 aliphatic carbocycles. The molecule has 0 spiro atoms. The van der Waals surface area contributed by atoms with E-state index in [4.69, 9.17) is 18.9 Å². The van der Waals surface area contributed by atoms with Gasteiger partial charge >= 0.3 is 5.97 Å². The summed E-state index contributed by atoms with van der Waals surface area (Å²) in [5.41, 5.74) is 1.02.